The van der Waals surface area contributed by atoms with E-state index in [1.165, 1.54) is 0 Å². The van der Waals surface area contributed by atoms with Gasteiger partial charge in [0.05, 0.1) is 18.3 Å². The van der Waals surface area contributed by atoms with E-state index in [9.17, 15) is 0 Å². The molecule has 0 aromatic heterocycles. The van der Waals surface area contributed by atoms with Crippen LogP contribution in [0.15, 0.2) is 16.5 Å². The molecule has 0 radical (unpaired) electrons. The summed E-state index contributed by atoms with van der Waals surface area (Å²) in [6.45, 7) is 0.653. The van der Waals surface area contributed by atoms with Crippen molar-refractivity contribution >= 4 is 6.21 Å². The summed E-state index contributed by atoms with van der Waals surface area (Å²) in [5.74, 6) is 6.96. The summed E-state index contributed by atoms with van der Waals surface area (Å²) in [4.78, 5) is 4.16. The minimum absolute atomic E-state index is 0.399. The molecule has 0 atom stereocenters. The highest BCUT2D eigenvalue weighted by molar-refractivity contribution is 5.63. The molecular weight excluding hydrogens is 204 g/mol. The molecule has 1 saturated carbocycles. The topological polar surface area (TPSA) is 76.9 Å². The van der Waals surface area contributed by atoms with Crippen LogP contribution >= 0.6 is 0 Å². The first-order chi connectivity index (χ1) is 7.72. The number of methoxy groups -OCH3 is 1. The Hall–Kier alpha value is -1.07. The standard InChI is InChI=1S/C11H20N4O/c1-16-9-4-2-8(3-5-9)10-11(12)14-6-7-15(10)13/h6,8-9H,2-5,7,12-13H2,1H3. The van der Waals surface area contributed by atoms with Crippen LogP contribution in [0.4, 0.5) is 0 Å². The largest absolute Gasteiger partial charge is 0.382 e. The second-order valence-corrected chi connectivity index (χ2v) is 4.44. The van der Waals surface area contributed by atoms with E-state index in [0.717, 1.165) is 31.4 Å². The Labute approximate surface area is 96.1 Å². The molecule has 4 N–H and O–H groups in total. The van der Waals surface area contributed by atoms with E-state index in [1.54, 1.807) is 18.3 Å². The highest BCUT2D eigenvalue weighted by Crippen LogP contribution is 2.33. The van der Waals surface area contributed by atoms with E-state index in [-0.39, 0.29) is 0 Å². The Balaban J connectivity index is 2.05. The van der Waals surface area contributed by atoms with Crippen molar-refractivity contribution in [2.24, 2.45) is 22.5 Å². The fraction of sp³-hybridized carbons (Fsp3) is 0.727. The van der Waals surface area contributed by atoms with Crippen molar-refractivity contribution in [3.05, 3.63) is 11.5 Å². The van der Waals surface area contributed by atoms with Gasteiger partial charge in [-0.3, -0.25) is 0 Å². The third kappa shape index (κ3) is 2.20. The van der Waals surface area contributed by atoms with E-state index >= 15 is 0 Å². The summed E-state index contributed by atoms with van der Waals surface area (Å²) in [6.07, 6.45) is 6.47. The van der Waals surface area contributed by atoms with Crippen molar-refractivity contribution in [1.29, 1.82) is 0 Å². The molecule has 1 aliphatic carbocycles. The maximum atomic E-state index is 5.94. The first-order valence-electron chi connectivity index (χ1n) is 5.79. The predicted molar refractivity (Wildman–Crippen MR) is 63.4 cm³/mol. The van der Waals surface area contributed by atoms with E-state index in [0.29, 0.717) is 24.4 Å². The summed E-state index contributed by atoms with van der Waals surface area (Å²) in [6, 6.07) is 0. The number of hydrogen-bond donors (Lipinski definition) is 2. The first-order valence-corrected chi connectivity index (χ1v) is 5.79. The molecule has 2 aliphatic rings. The number of rotatable bonds is 2. The predicted octanol–water partition coefficient (Wildman–Crippen LogP) is 0.579. The molecule has 1 aliphatic heterocycles. The summed E-state index contributed by atoms with van der Waals surface area (Å²) in [5.41, 5.74) is 6.91. The molecule has 5 nitrogen and oxygen atoms in total. The molecule has 90 valence electrons. The van der Waals surface area contributed by atoms with Crippen molar-refractivity contribution in [3.8, 4) is 0 Å². The monoisotopic (exact) mass is 224 g/mol. The summed E-state index contributed by atoms with van der Waals surface area (Å²) < 4.78 is 5.36. The van der Waals surface area contributed by atoms with Crippen LogP contribution in [-0.2, 0) is 4.74 Å². The molecular formula is C11H20N4O. The molecule has 0 saturated heterocycles. The van der Waals surface area contributed by atoms with E-state index in [2.05, 4.69) is 4.99 Å². The lowest BCUT2D eigenvalue weighted by Crippen LogP contribution is -2.40. The number of allylic oxidation sites excluding steroid dienone is 1. The van der Waals surface area contributed by atoms with Gasteiger partial charge >= 0.3 is 0 Å². The van der Waals surface area contributed by atoms with Gasteiger partial charge in [-0.15, -0.1) is 0 Å². The van der Waals surface area contributed by atoms with Gasteiger partial charge in [-0.05, 0) is 25.7 Å². The SMILES string of the molecule is COC1CCC(C2=C(N)N=CCN2N)CC1. The molecule has 5 heteroatoms. The average molecular weight is 224 g/mol. The Kier molecular flexibility index (Phi) is 3.46. The molecule has 2 rings (SSSR count). The maximum absolute atomic E-state index is 5.94. The van der Waals surface area contributed by atoms with Gasteiger partial charge in [-0.25, -0.2) is 10.8 Å². The number of hydrazine groups is 1. The lowest BCUT2D eigenvalue weighted by molar-refractivity contribution is 0.0574. The first kappa shape index (κ1) is 11.4. The molecule has 1 fully saturated rings. The molecule has 0 aromatic rings. The zero-order valence-corrected chi connectivity index (χ0v) is 9.72. The van der Waals surface area contributed by atoms with Gasteiger partial charge in [0.25, 0.3) is 0 Å². The van der Waals surface area contributed by atoms with Gasteiger partial charge in [0.1, 0.15) is 5.82 Å². The van der Waals surface area contributed by atoms with Crippen LogP contribution in [0.5, 0.6) is 0 Å². The lowest BCUT2D eigenvalue weighted by Gasteiger charge is -2.34. The summed E-state index contributed by atoms with van der Waals surface area (Å²) in [7, 11) is 1.78. The van der Waals surface area contributed by atoms with Gasteiger partial charge in [-0.1, -0.05) is 0 Å². The summed E-state index contributed by atoms with van der Waals surface area (Å²) in [5, 5.41) is 1.72. The molecule has 0 bridgehead atoms. The van der Waals surface area contributed by atoms with Crippen molar-refractivity contribution in [2.45, 2.75) is 31.8 Å². The molecule has 16 heavy (non-hydrogen) atoms. The quantitative estimate of drug-likeness (QED) is 0.673. The van der Waals surface area contributed by atoms with Crippen LogP contribution in [0.3, 0.4) is 0 Å². The zero-order valence-electron chi connectivity index (χ0n) is 9.72. The van der Waals surface area contributed by atoms with Crippen LogP contribution in [0, 0.1) is 5.92 Å². The normalized spacial score (nSPS) is 31.0. The Bertz CT molecular complexity index is 305. The van der Waals surface area contributed by atoms with Crippen molar-refractivity contribution in [1.82, 2.24) is 5.01 Å². The van der Waals surface area contributed by atoms with Crippen LogP contribution in [0.25, 0.3) is 0 Å². The number of hydrogen-bond acceptors (Lipinski definition) is 5. The van der Waals surface area contributed by atoms with Crippen LogP contribution in [0.2, 0.25) is 0 Å². The smallest absolute Gasteiger partial charge is 0.144 e. The minimum atomic E-state index is 0.399. The fourth-order valence-electron chi connectivity index (χ4n) is 2.55. The maximum Gasteiger partial charge on any atom is 0.144 e. The highest BCUT2D eigenvalue weighted by Gasteiger charge is 2.28. The van der Waals surface area contributed by atoms with Crippen molar-refractivity contribution in [3.63, 3.8) is 0 Å². The fourth-order valence-corrected chi connectivity index (χ4v) is 2.55. The summed E-state index contributed by atoms with van der Waals surface area (Å²) >= 11 is 0. The Morgan fingerprint density at radius 1 is 1.38 bits per heavy atom. The third-order valence-corrected chi connectivity index (χ3v) is 3.47. The lowest BCUT2D eigenvalue weighted by atomic mass is 9.84. The second-order valence-electron chi connectivity index (χ2n) is 4.44. The third-order valence-electron chi connectivity index (χ3n) is 3.47. The van der Waals surface area contributed by atoms with Gasteiger partial charge in [-0.2, -0.15) is 0 Å². The van der Waals surface area contributed by atoms with Gasteiger partial charge < -0.3 is 15.5 Å². The van der Waals surface area contributed by atoms with Crippen molar-refractivity contribution in [2.75, 3.05) is 13.7 Å². The molecule has 1 heterocycles. The van der Waals surface area contributed by atoms with E-state index in [1.807, 2.05) is 0 Å². The number of aliphatic imine (C=N–C) groups is 1. The second kappa shape index (κ2) is 4.84. The van der Waals surface area contributed by atoms with Crippen LogP contribution in [0.1, 0.15) is 25.7 Å². The van der Waals surface area contributed by atoms with E-state index in [4.69, 9.17) is 16.3 Å². The highest BCUT2D eigenvalue weighted by atomic mass is 16.5. The minimum Gasteiger partial charge on any atom is -0.382 e. The van der Waals surface area contributed by atoms with Gasteiger partial charge in [0.2, 0.25) is 0 Å². The number of nitrogens with two attached hydrogens (primary N) is 2. The van der Waals surface area contributed by atoms with E-state index < -0.39 is 0 Å². The number of nitrogens with zero attached hydrogens (tertiary/aromatic N) is 2. The average Bonchev–Trinajstić information content (AvgIpc) is 2.30. The molecule has 0 aromatic carbocycles. The molecule has 0 spiro atoms. The number of ether oxygens (including phenoxy) is 1. The Morgan fingerprint density at radius 2 is 2.06 bits per heavy atom. The molecule has 0 amide bonds. The van der Waals surface area contributed by atoms with Crippen LogP contribution in [-0.4, -0.2) is 31.0 Å². The Morgan fingerprint density at radius 3 is 2.62 bits per heavy atom. The zero-order chi connectivity index (χ0) is 11.5. The molecule has 0 unspecified atom stereocenters. The van der Waals surface area contributed by atoms with Crippen molar-refractivity contribution < 1.29 is 4.74 Å². The van der Waals surface area contributed by atoms with Gasteiger partial charge in [0, 0.05) is 19.2 Å². The van der Waals surface area contributed by atoms with Crippen LogP contribution < -0.4 is 11.6 Å². The van der Waals surface area contributed by atoms with Gasteiger partial charge in [0.15, 0.2) is 0 Å².